The van der Waals surface area contributed by atoms with Crippen molar-refractivity contribution in [1.29, 1.82) is 0 Å². The number of fused-ring (bicyclic) bond motifs is 4. The number of nitrogens with zero attached hydrogens (tertiary/aromatic N) is 3. The molecule has 4 heteroatoms. The highest BCUT2D eigenvalue weighted by atomic mass is 16.3. The molecule has 0 aliphatic carbocycles. The van der Waals surface area contributed by atoms with Gasteiger partial charge in [0.15, 0.2) is 17.5 Å². The molecule has 0 aliphatic heterocycles. The number of aromatic nitrogens is 3. The second-order valence-corrected chi connectivity index (χ2v) is 13.2. The molecule has 0 bridgehead atoms. The summed E-state index contributed by atoms with van der Waals surface area (Å²) in [5.74, 6) is 1.80. The third-order valence-electron chi connectivity index (χ3n) is 9.96. The Morgan fingerprint density at radius 1 is 0.283 bits per heavy atom. The molecule has 10 aromatic rings. The largest absolute Gasteiger partial charge is 0.456 e. The van der Waals surface area contributed by atoms with Gasteiger partial charge in [0.25, 0.3) is 0 Å². The van der Waals surface area contributed by atoms with E-state index in [0.717, 1.165) is 72.0 Å². The molecule has 248 valence electrons. The lowest BCUT2D eigenvalue weighted by atomic mass is 9.95. The van der Waals surface area contributed by atoms with E-state index >= 15 is 0 Å². The molecule has 0 radical (unpaired) electrons. The van der Waals surface area contributed by atoms with Crippen molar-refractivity contribution < 1.29 is 4.42 Å². The summed E-state index contributed by atoms with van der Waals surface area (Å²) in [6, 6.07) is 65.2. The molecule has 0 N–H and O–H groups in total. The smallest absolute Gasteiger partial charge is 0.164 e. The van der Waals surface area contributed by atoms with E-state index in [9.17, 15) is 0 Å². The molecule has 8 aromatic carbocycles. The summed E-state index contributed by atoms with van der Waals surface area (Å²) in [4.78, 5) is 15.4. The summed E-state index contributed by atoms with van der Waals surface area (Å²) in [6.07, 6.45) is 0. The summed E-state index contributed by atoms with van der Waals surface area (Å²) in [5, 5.41) is 4.42. The quantitative estimate of drug-likeness (QED) is 0.176. The van der Waals surface area contributed by atoms with Crippen molar-refractivity contribution in [2.75, 3.05) is 0 Å². The molecule has 0 saturated carbocycles. The molecule has 0 aliphatic rings. The molecule has 0 atom stereocenters. The first-order valence-electron chi connectivity index (χ1n) is 17.8. The van der Waals surface area contributed by atoms with Gasteiger partial charge >= 0.3 is 0 Å². The molecule has 0 amide bonds. The van der Waals surface area contributed by atoms with Crippen LogP contribution in [0, 0.1) is 0 Å². The van der Waals surface area contributed by atoms with Gasteiger partial charge in [-0.25, -0.2) is 15.0 Å². The maximum atomic E-state index is 6.53. The Morgan fingerprint density at radius 3 is 1.30 bits per heavy atom. The number of rotatable bonds is 6. The van der Waals surface area contributed by atoms with Crippen molar-refractivity contribution in [3.8, 4) is 67.5 Å². The zero-order valence-electron chi connectivity index (χ0n) is 28.6. The fourth-order valence-electron chi connectivity index (χ4n) is 7.29. The van der Waals surface area contributed by atoms with E-state index in [2.05, 4.69) is 158 Å². The van der Waals surface area contributed by atoms with Gasteiger partial charge < -0.3 is 4.42 Å². The summed E-state index contributed by atoms with van der Waals surface area (Å²) in [6.45, 7) is 0. The minimum absolute atomic E-state index is 0.589. The third kappa shape index (κ3) is 5.63. The summed E-state index contributed by atoms with van der Waals surface area (Å²) >= 11 is 0. The zero-order chi connectivity index (χ0) is 35.1. The van der Waals surface area contributed by atoms with E-state index in [1.54, 1.807) is 0 Å². The van der Waals surface area contributed by atoms with Gasteiger partial charge in [0.2, 0.25) is 0 Å². The number of hydrogen-bond acceptors (Lipinski definition) is 4. The first kappa shape index (κ1) is 30.6. The molecule has 4 nitrogen and oxygen atoms in total. The van der Waals surface area contributed by atoms with Crippen molar-refractivity contribution >= 4 is 32.7 Å². The van der Waals surface area contributed by atoms with Crippen molar-refractivity contribution in [1.82, 2.24) is 15.0 Å². The predicted molar refractivity (Wildman–Crippen MR) is 217 cm³/mol. The normalized spacial score (nSPS) is 11.4. The monoisotopic (exact) mass is 677 g/mol. The number of benzene rings is 8. The van der Waals surface area contributed by atoms with Gasteiger partial charge in [-0.15, -0.1) is 0 Å². The van der Waals surface area contributed by atoms with Crippen LogP contribution in [0.5, 0.6) is 0 Å². The van der Waals surface area contributed by atoms with Gasteiger partial charge in [-0.3, -0.25) is 0 Å². The van der Waals surface area contributed by atoms with E-state index in [0.29, 0.717) is 17.5 Å². The second kappa shape index (κ2) is 12.9. The van der Waals surface area contributed by atoms with Gasteiger partial charge in [0.1, 0.15) is 11.2 Å². The van der Waals surface area contributed by atoms with E-state index in [1.807, 2.05) is 30.3 Å². The number of furan rings is 1. The lowest BCUT2D eigenvalue weighted by Gasteiger charge is -2.11. The Hall–Kier alpha value is -7.17. The van der Waals surface area contributed by atoms with Crippen LogP contribution in [0.4, 0.5) is 0 Å². The van der Waals surface area contributed by atoms with Crippen LogP contribution < -0.4 is 0 Å². The zero-order valence-corrected chi connectivity index (χ0v) is 28.6. The number of hydrogen-bond donors (Lipinski definition) is 0. The fraction of sp³-hybridized carbons (Fsp3) is 0. The van der Waals surface area contributed by atoms with Gasteiger partial charge in [-0.1, -0.05) is 170 Å². The van der Waals surface area contributed by atoms with Gasteiger partial charge in [-0.05, 0) is 62.4 Å². The van der Waals surface area contributed by atoms with Crippen LogP contribution in [0.2, 0.25) is 0 Å². The molecule has 2 aromatic heterocycles. The fourth-order valence-corrected chi connectivity index (χ4v) is 7.29. The van der Waals surface area contributed by atoms with Crippen LogP contribution in [0.25, 0.3) is 100 Å². The second-order valence-electron chi connectivity index (χ2n) is 13.2. The third-order valence-corrected chi connectivity index (χ3v) is 9.96. The van der Waals surface area contributed by atoms with Crippen molar-refractivity contribution in [2.24, 2.45) is 0 Å². The highest BCUT2D eigenvalue weighted by Crippen LogP contribution is 2.42. The van der Waals surface area contributed by atoms with E-state index < -0.39 is 0 Å². The van der Waals surface area contributed by atoms with Crippen LogP contribution in [0.15, 0.2) is 192 Å². The molecule has 0 saturated heterocycles. The Bertz CT molecular complexity index is 2810. The molecule has 2 heterocycles. The minimum atomic E-state index is 0.589. The van der Waals surface area contributed by atoms with Gasteiger partial charge in [0, 0.05) is 27.5 Å². The SMILES string of the molecule is c1ccc(-c2ccc(-c3nc(-c4ccc(-c5ccccc5)cc4)nc(-c4cccc5oc6cccc(-c7ccc8ccccc8c7)c6c45)n3)cc2)cc1. The highest BCUT2D eigenvalue weighted by Gasteiger charge is 2.20. The minimum Gasteiger partial charge on any atom is -0.456 e. The standard InChI is InChI=1S/C49H31N3O/c1-3-11-32(12-4-1)35-21-26-37(27-22-35)47-50-48(38-28-23-36(24-29-38)33-13-5-2-6-14-33)52-49(51-47)42-18-10-20-44-46(42)45-41(17-9-19-43(45)53-44)40-30-25-34-15-7-8-16-39(34)31-40/h1-31H. The molecule has 0 fully saturated rings. The molecule has 0 unspecified atom stereocenters. The first-order chi connectivity index (χ1) is 26.2. The van der Waals surface area contributed by atoms with Crippen LogP contribution in [0.3, 0.4) is 0 Å². The van der Waals surface area contributed by atoms with Crippen LogP contribution in [0.1, 0.15) is 0 Å². The van der Waals surface area contributed by atoms with Gasteiger partial charge in [0.05, 0.1) is 0 Å². The van der Waals surface area contributed by atoms with E-state index in [4.69, 9.17) is 19.4 Å². The topological polar surface area (TPSA) is 51.8 Å². The van der Waals surface area contributed by atoms with E-state index in [-0.39, 0.29) is 0 Å². The van der Waals surface area contributed by atoms with Crippen LogP contribution in [-0.2, 0) is 0 Å². The average Bonchev–Trinajstić information content (AvgIpc) is 3.63. The van der Waals surface area contributed by atoms with Crippen molar-refractivity contribution in [3.05, 3.63) is 188 Å². The predicted octanol–water partition coefficient (Wildman–Crippen LogP) is 12.9. The summed E-state index contributed by atoms with van der Waals surface area (Å²) < 4.78 is 6.53. The first-order valence-corrected chi connectivity index (χ1v) is 17.8. The Balaban J connectivity index is 1.16. The molecule has 0 spiro atoms. The lowest BCUT2D eigenvalue weighted by molar-refractivity contribution is 0.669. The maximum Gasteiger partial charge on any atom is 0.164 e. The highest BCUT2D eigenvalue weighted by molar-refractivity contribution is 6.17. The summed E-state index contributed by atoms with van der Waals surface area (Å²) in [5.41, 5.74) is 11.1. The summed E-state index contributed by atoms with van der Waals surface area (Å²) in [7, 11) is 0. The maximum absolute atomic E-state index is 6.53. The molecular weight excluding hydrogens is 647 g/mol. The molecular formula is C49H31N3O. The Kier molecular flexibility index (Phi) is 7.43. The van der Waals surface area contributed by atoms with Gasteiger partial charge in [-0.2, -0.15) is 0 Å². The van der Waals surface area contributed by atoms with Crippen molar-refractivity contribution in [2.45, 2.75) is 0 Å². The van der Waals surface area contributed by atoms with Crippen LogP contribution in [-0.4, -0.2) is 15.0 Å². The molecule has 53 heavy (non-hydrogen) atoms. The Morgan fingerprint density at radius 2 is 0.717 bits per heavy atom. The average molecular weight is 678 g/mol. The van der Waals surface area contributed by atoms with Crippen molar-refractivity contribution in [3.63, 3.8) is 0 Å². The molecule has 10 rings (SSSR count). The lowest BCUT2D eigenvalue weighted by Crippen LogP contribution is -2.00. The van der Waals surface area contributed by atoms with E-state index in [1.165, 1.54) is 10.8 Å². The Labute approximate surface area is 306 Å². The van der Waals surface area contributed by atoms with Crippen LogP contribution >= 0.6 is 0 Å².